The summed E-state index contributed by atoms with van der Waals surface area (Å²) in [5.74, 6) is 0.0544. The van der Waals surface area contributed by atoms with E-state index in [0.29, 0.717) is 18.5 Å². The van der Waals surface area contributed by atoms with Gasteiger partial charge in [0.05, 0.1) is 0 Å². The summed E-state index contributed by atoms with van der Waals surface area (Å²) in [6, 6.07) is 14.9. The second-order valence-electron chi connectivity index (χ2n) is 6.71. The number of halogens is 2. The van der Waals surface area contributed by atoms with Gasteiger partial charge in [-0.05, 0) is 49.6 Å². The molecule has 0 aliphatic carbocycles. The Bertz CT molecular complexity index is 735. The first-order chi connectivity index (χ1) is 12.6. The molecule has 1 N–H and O–H groups in total. The highest BCUT2D eigenvalue weighted by Crippen LogP contribution is 2.22. The zero-order chi connectivity index (χ0) is 18.4. The fourth-order valence-electron chi connectivity index (χ4n) is 3.43. The van der Waals surface area contributed by atoms with Gasteiger partial charge in [-0.15, -0.1) is 0 Å². The number of hydrogen-bond acceptors (Lipinski definition) is 2. The average Bonchev–Trinajstić information content (AvgIpc) is 2.99. The number of likely N-dealkylation sites (tertiary alicyclic amines) is 1. The summed E-state index contributed by atoms with van der Waals surface area (Å²) in [4.78, 5) is 14.2. The molecule has 1 fully saturated rings. The summed E-state index contributed by atoms with van der Waals surface area (Å²) in [6.45, 7) is 2.01. The highest BCUT2D eigenvalue weighted by molar-refractivity contribution is 6.30. The van der Waals surface area contributed by atoms with Crippen molar-refractivity contribution in [1.29, 1.82) is 0 Å². The van der Waals surface area contributed by atoms with Crippen molar-refractivity contribution in [2.45, 2.75) is 38.3 Å². The van der Waals surface area contributed by atoms with E-state index in [1.165, 1.54) is 11.6 Å². The number of nitrogens with zero attached hydrogens (tertiary/aromatic N) is 1. The van der Waals surface area contributed by atoms with Gasteiger partial charge in [0, 0.05) is 36.1 Å². The zero-order valence-corrected chi connectivity index (χ0v) is 15.5. The van der Waals surface area contributed by atoms with E-state index in [9.17, 15) is 9.18 Å². The monoisotopic (exact) mass is 374 g/mol. The molecule has 1 aliphatic rings. The van der Waals surface area contributed by atoms with Crippen molar-refractivity contribution < 1.29 is 9.18 Å². The molecule has 2 aromatic carbocycles. The third-order valence-corrected chi connectivity index (χ3v) is 5.19. The number of hydrogen-bond donors (Lipinski definition) is 1. The predicted octanol–water partition coefficient (Wildman–Crippen LogP) is 4.19. The quantitative estimate of drug-likeness (QED) is 0.702. The molecule has 1 atom stereocenters. The van der Waals surface area contributed by atoms with E-state index in [1.807, 2.05) is 35.2 Å². The van der Waals surface area contributed by atoms with Crippen molar-refractivity contribution in [1.82, 2.24) is 10.2 Å². The fourth-order valence-corrected chi connectivity index (χ4v) is 3.56. The lowest BCUT2D eigenvalue weighted by Gasteiger charge is -2.25. The molecule has 0 unspecified atom stereocenters. The van der Waals surface area contributed by atoms with Crippen LogP contribution in [0.25, 0.3) is 0 Å². The minimum absolute atomic E-state index is 0.180. The summed E-state index contributed by atoms with van der Waals surface area (Å²) < 4.78 is 13.6. The number of rotatable bonds is 8. The Balaban J connectivity index is 1.45. The Morgan fingerprint density at radius 2 is 1.92 bits per heavy atom. The Morgan fingerprint density at radius 1 is 1.15 bits per heavy atom. The van der Waals surface area contributed by atoms with Crippen LogP contribution < -0.4 is 5.32 Å². The topological polar surface area (TPSA) is 32.3 Å². The van der Waals surface area contributed by atoms with E-state index in [0.717, 1.165) is 37.4 Å². The number of nitrogens with one attached hydrogen (secondary N) is 1. The van der Waals surface area contributed by atoms with E-state index >= 15 is 0 Å². The van der Waals surface area contributed by atoms with E-state index in [-0.39, 0.29) is 17.8 Å². The minimum atomic E-state index is -0.180. The van der Waals surface area contributed by atoms with Crippen molar-refractivity contribution in [2.75, 3.05) is 13.1 Å². The maximum Gasteiger partial charge on any atom is 0.222 e. The molecule has 0 radical (unpaired) electrons. The van der Waals surface area contributed by atoms with Crippen LogP contribution in [0.3, 0.4) is 0 Å². The first-order valence-corrected chi connectivity index (χ1v) is 9.49. The van der Waals surface area contributed by atoms with E-state index in [2.05, 4.69) is 5.32 Å². The lowest BCUT2D eigenvalue weighted by atomic mass is 10.1. The smallest absolute Gasteiger partial charge is 0.222 e. The van der Waals surface area contributed by atoms with Crippen LogP contribution in [-0.4, -0.2) is 29.9 Å². The molecular weight excluding hydrogens is 351 g/mol. The van der Waals surface area contributed by atoms with Crippen molar-refractivity contribution in [2.24, 2.45) is 0 Å². The fraction of sp³-hybridized carbons (Fsp3) is 0.381. The first kappa shape index (κ1) is 18.9. The van der Waals surface area contributed by atoms with Crippen LogP contribution in [0.15, 0.2) is 48.5 Å². The minimum Gasteiger partial charge on any atom is -0.339 e. The van der Waals surface area contributed by atoms with Crippen LogP contribution in [0.1, 0.15) is 30.4 Å². The Hall–Kier alpha value is -1.91. The van der Waals surface area contributed by atoms with Gasteiger partial charge < -0.3 is 10.2 Å². The number of amides is 1. The van der Waals surface area contributed by atoms with Gasteiger partial charge in [-0.25, -0.2) is 4.39 Å². The summed E-state index contributed by atoms with van der Waals surface area (Å²) in [6.07, 6.45) is 3.25. The summed E-state index contributed by atoms with van der Waals surface area (Å²) >= 11 is 5.92. The van der Waals surface area contributed by atoms with E-state index in [1.54, 1.807) is 12.1 Å². The maximum atomic E-state index is 13.6. The molecule has 3 nitrogen and oxygen atoms in total. The van der Waals surface area contributed by atoms with Crippen molar-refractivity contribution >= 4 is 17.5 Å². The molecule has 1 heterocycles. The second-order valence-corrected chi connectivity index (χ2v) is 7.15. The molecule has 26 heavy (non-hydrogen) atoms. The van der Waals surface area contributed by atoms with Gasteiger partial charge in [0.15, 0.2) is 0 Å². The standard InChI is InChI=1S/C21H24ClFN2O/c22-18-7-5-16(6-8-18)12-14-25-19(9-10-21(25)26)11-13-24-15-17-3-1-2-4-20(17)23/h1-8,19,24H,9-15H2/t19-/m0/s1. The zero-order valence-electron chi connectivity index (χ0n) is 14.8. The molecule has 0 spiro atoms. The molecule has 138 valence electrons. The van der Waals surface area contributed by atoms with Gasteiger partial charge in [-0.1, -0.05) is 41.9 Å². The van der Waals surface area contributed by atoms with Crippen LogP contribution in [-0.2, 0) is 17.8 Å². The highest BCUT2D eigenvalue weighted by atomic mass is 35.5. The van der Waals surface area contributed by atoms with Crippen LogP contribution >= 0.6 is 11.6 Å². The molecule has 0 aromatic heterocycles. The maximum absolute atomic E-state index is 13.6. The normalized spacial score (nSPS) is 17.1. The molecule has 1 aliphatic heterocycles. The van der Waals surface area contributed by atoms with Crippen molar-refractivity contribution in [3.63, 3.8) is 0 Å². The molecule has 1 saturated heterocycles. The lowest BCUT2D eigenvalue weighted by Crippen LogP contribution is -2.36. The van der Waals surface area contributed by atoms with Crippen molar-refractivity contribution in [3.05, 3.63) is 70.5 Å². The first-order valence-electron chi connectivity index (χ1n) is 9.11. The Morgan fingerprint density at radius 3 is 2.69 bits per heavy atom. The molecule has 1 amide bonds. The molecular formula is C21H24ClFN2O. The lowest BCUT2D eigenvalue weighted by molar-refractivity contribution is -0.129. The molecule has 2 aromatic rings. The van der Waals surface area contributed by atoms with Crippen LogP contribution in [0, 0.1) is 5.82 Å². The van der Waals surface area contributed by atoms with Crippen molar-refractivity contribution in [3.8, 4) is 0 Å². The van der Waals surface area contributed by atoms with Gasteiger partial charge in [0.2, 0.25) is 5.91 Å². The number of carbonyl (C=O) groups is 1. The SMILES string of the molecule is O=C1CC[C@@H](CCNCc2ccccc2F)N1CCc1ccc(Cl)cc1. The summed E-state index contributed by atoms with van der Waals surface area (Å²) in [5, 5.41) is 4.02. The second kappa shape index (κ2) is 9.15. The molecule has 0 bridgehead atoms. The number of benzene rings is 2. The summed E-state index contributed by atoms with van der Waals surface area (Å²) in [5.41, 5.74) is 1.86. The molecule has 3 rings (SSSR count). The van der Waals surface area contributed by atoms with E-state index < -0.39 is 0 Å². The predicted molar refractivity (Wildman–Crippen MR) is 103 cm³/mol. The number of carbonyl (C=O) groups excluding carboxylic acids is 1. The summed E-state index contributed by atoms with van der Waals surface area (Å²) in [7, 11) is 0. The van der Waals surface area contributed by atoms with Crippen LogP contribution in [0.2, 0.25) is 5.02 Å². The molecule has 5 heteroatoms. The average molecular weight is 375 g/mol. The van der Waals surface area contributed by atoms with Crippen LogP contribution in [0.4, 0.5) is 4.39 Å². The third-order valence-electron chi connectivity index (χ3n) is 4.93. The Labute approximate surface area is 159 Å². The largest absolute Gasteiger partial charge is 0.339 e. The van der Waals surface area contributed by atoms with Gasteiger partial charge in [0.1, 0.15) is 5.82 Å². The van der Waals surface area contributed by atoms with Gasteiger partial charge >= 0.3 is 0 Å². The Kier molecular flexibility index (Phi) is 6.64. The van der Waals surface area contributed by atoms with E-state index in [4.69, 9.17) is 11.6 Å². The van der Waals surface area contributed by atoms with Crippen LogP contribution in [0.5, 0.6) is 0 Å². The van der Waals surface area contributed by atoms with Gasteiger partial charge in [0.25, 0.3) is 0 Å². The van der Waals surface area contributed by atoms with Gasteiger partial charge in [-0.2, -0.15) is 0 Å². The molecule has 0 saturated carbocycles. The van der Waals surface area contributed by atoms with Gasteiger partial charge in [-0.3, -0.25) is 4.79 Å². The highest BCUT2D eigenvalue weighted by Gasteiger charge is 2.29. The third kappa shape index (κ3) is 5.05.